The molecule has 0 aliphatic heterocycles. The van der Waals surface area contributed by atoms with Gasteiger partial charge in [-0.15, -0.1) is 0 Å². The molecule has 78 valence electrons. The SMILES string of the molecule is CCCS(=O)(=O)Cc1cccc(Cl)c1. The van der Waals surface area contributed by atoms with Crippen molar-refractivity contribution in [1.29, 1.82) is 0 Å². The van der Waals surface area contributed by atoms with Gasteiger partial charge in [-0.25, -0.2) is 8.42 Å². The van der Waals surface area contributed by atoms with Gasteiger partial charge in [0.25, 0.3) is 0 Å². The summed E-state index contributed by atoms with van der Waals surface area (Å²) in [6, 6.07) is 6.96. The average molecular weight is 233 g/mol. The Morgan fingerprint density at radius 3 is 2.64 bits per heavy atom. The van der Waals surface area contributed by atoms with E-state index in [0.717, 1.165) is 5.56 Å². The van der Waals surface area contributed by atoms with Gasteiger partial charge >= 0.3 is 0 Å². The highest BCUT2D eigenvalue weighted by Gasteiger charge is 2.10. The van der Waals surface area contributed by atoms with E-state index in [0.29, 0.717) is 11.4 Å². The Morgan fingerprint density at radius 2 is 2.07 bits per heavy atom. The van der Waals surface area contributed by atoms with Gasteiger partial charge in [-0.3, -0.25) is 0 Å². The van der Waals surface area contributed by atoms with Crippen LogP contribution in [0.1, 0.15) is 18.9 Å². The van der Waals surface area contributed by atoms with Crippen LogP contribution in [0.15, 0.2) is 24.3 Å². The molecule has 0 N–H and O–H groups in total. The van der Waals surface area contributed by atoms with Crippen molar-refractivity contribution in [1.82, 2.24) is 0 Å². The molecule has 0 bridgehead atoms. The maximum atomic E-state index is 11.5. The minimum Gasteiger partial charge on any atom is -0.228 e. The van der Waals surface area contributed by atoms with Crippen molar-refractivity contribution in [2.45, 2.75) is 19.1 Å². The minimum absolute atomic E-state index is 0.0847. The molecule has 0 aromatic heterocycles. The Labute approximate surface area is 89.8 Å². The zero-order valence-electron chi connectivity index (χ0n) is 8.03. The van der Waals surface area contributed by atoms with E-state index < -0.39 is 9.84 Å². The number of sulfone groups is 1. The standard InChI is InChI=1S/C10H13ClO2S/c1-2-6-14(12,13)8-9-4-3-5-10(11)7-9/h3-5,7H,2,6,8H2,1H3. The molecule has 0 atom stereocenters. The fraction of sp³-hybridized carbons (Fsp3) is 0.400. The Kier molecular flexibility index (Phi) is 3.96. The Balaban J connectivity index is 2.79. The van der Waals surface area contributed by atoms with Crippen molar-refractivity contribution < 1.29 is 8.42 Å². The van der Waals surface area contributed by atoms with Gasteiger partial charge < -0.3 is 0 Å². The summed E-state index contributed by atoms with van der Waals surface area (Å²) in [4.78, 5) is 0. The molecular formula is C10H13ClO2S. The Bertz CT molecular complexity index is 398. The predicted octanol–water partition coefficient (Wildman–Crippen LogP) is 2.66. The quantitative estimate of drug-likeness (QED) is 0.800. The summed E-state index contributed by atoms with van der Waals surface area (Å²) in [6.07, 6.45) is 0.656. The van der Waals surface area contributed by atoms with E-state index in [-0.39, 0.29) is 11.5 Å². The first-order valence-electron chi connectivity index (χ1n) is 4.48. The molecule has 4 heteroatoms. The van der Waals surface area contributed by atoms with Crippen LogP contribution in [-0.4, -0.2) is 14.2 Å². The molecule has 1 aromatic carbocycles. The van der Waals surface area contributed by atoms with Crippen LogP contribution in [0.2, 0.25) is 5.02 Å². The summed E-state index contributed by atoms with van der Waals surface area (Å²) in [5.74, 6) is 0.320. The molecule has 0 aliphatic carbocycles. The summed E-state index contributed by atoms with van der Waals surface area (Å²) in [6.45, 7) is 1.86. The number of halogens is 1. The van der Waals surface area contributed by atoms with Gasteiger partial charge in [-0.2, -0.15) is 0 Å². The topological polar surface area (TPSA) is 34.1 Å². The van der Waals surface area contributed by atoms with Crippen molar-refractivity contribution in [3.8, 4) is 0 Å². The molecule has 14 heavy (non-hydrogen) atoms. The van der Waals surface area contributed by atoms with Gasteiger partial charge in [0.15, 0.2) is 9.84 Å². The first kappa shape index (κ1) is 11.5. The van der Waals surface area contributed by atoms with Crippen LogP contribution < -0.4 is 0 Å². The van der Waals surface area contributed by atoms with E-state index in [4.69, 9.17) is 11.6 Å². The molecular weight excluding hydrogens is 220 g/mol. The lowest BCUT2D eigenvalue weighted by Crippen LogP contribution is -2.08. The summed E-state index contributed by atoms with van der Waals surface area (Å²) < 4.78 is 22.9. The monoisotopic (exact) mass is 232 g/mol. The van der Waals surface area contributed by atoms with Crippen molar-refractivity contribution in [3.63, 3.8) is 0 Å². The highest BCUT2D eigenvalue weighted by Crippen LogP contribution is 2.13. The van der Waals surface area contributed by atoms with Crippen LogP contribution in [0.4, 0.5) is 0 Å². The number of benzene rings is 1. The highest BCUT2D eigenvalue weighted by molar-refractivity contribution is 7.90. The largest absolute Gasteiger partial charge is 0.228 e. The molecule has 0 unspecified atom stereocenters. The van der Waals surface area contributed by atoms with E-state index in [9.17, 15) is 8.42 Å². The molecule has 0 fully saturated rings. The average Bonchev–Trinajstić information content (AvgIpc) is 2.02. The first-order chi connectivity index (χ1) is 6.53. The lowest BCUT2D eigenvalue weighted by atomic mass is 10.2. The normalized spacial score (nSPS) is 11.6. The van der Waals surface area contributed by atoms with E-state index in [2.05, 4.69) is 0 Å². The van der Waals surface area contributed by atoms with Gasteiger partial charge in [0, 0.05) is 5.02 Å². The predicted molar refractivity (Wildman–Crippen MR) is 59.2 cm³/mol. The van der Waals surface area contributed by atoms with Crippen LogP contribution in [-0.2, 0) is 15.6 Å². The summed E-state index contributed by atoms with van der Waals surface area (Å²) in [5, 5.41) is 0.578. The van der Waals surface area contributed by atoms with Gasteiger partial charge in [-0.1, -0.05) is 30.7 Å². The Morgan fingerprint density at radius 1 is 1.36 bits per heavy atom. The molecule has 1 rings (SSSR count). The molecule has 0 saturated heterocycles. The molecule has 2 nitrogen and oxygen atoms in total. The van der Waals surface area contributed by atoms with E-state index in [1.165, 1.54) is 0 Å². The van der Waals surface area contributed by atoms with Crippen LogP contribution in [0.3, 0.4) is 0 Å². The van der Waals surface area contributed by atoms with Crippen LogP contribution >= 0.6 is 11.6 Å². The van der Waals surface area contributed by atoms with E-state index in [1.807, 2.05) is 6.92 Å². The summed E-state index contributed by atoms with van der Waals surface area (Å²) in [5.41, 5.74) is 0.756. The van der Waals surface area contributed by atoms with Crippen LogP contribution in [0.25, 0.3) is 0 Å². The number of hydrogen-bond acceptors (Lipinski definition) is 2. The smallest absolute Gasteiger partial charge is 0.154 e. The maximum absolute atomic E-state index is 11.5. The fourth-order valence-corrected chi connectivity index (χ4v) is 2.93. The van der Waals surface area contributed by atoms with Gasteiger partial charge in [0.05, 0.1) is 11.5 Å². The first-order valence-corrected chi connectivity index (χ1v) is 6.68. The molecule has 0 saturated carbocycles. The third-order valence-electron chi connectivity index (χ3n) is 1.79. The molecule has 0 heterocycles. The molecule has 0 radical (unpaired) electrons. The van der Waals surface area contributed by atoms with Gasteiger partial charge in [0.2, 0.25) is 0 Å². The number of hydrogen-bond donors (Lipinski definition) is 0. The highest BCUT2D eigenvalue weighted by atomic mass is 35.5. The molecule has 1 aromatic rings. The fourth-order valence-electron chi connectivity index (χ4n) is 1.26. The van der Waals surface area contributed by atoms with Crippen molar-refractivity contribution in [3.05, 3.63) is 34.9 Å². The van der Waals surface area contributed by atoms with Crippen LogP contribution in [0.5, 0.6) is 0 Å². The molecule has 0 aliphatic rings. The van der Waals surface area contributed by atoms with Crippen LogP contribution in [0, 0.1) is 0 Å². The Hall–Kier alpha value is -0.540. The lowest BCUT2D eigenvalue weighted by molar-refractivity contribution is 0.594. The minimum atomic E-state index is -2.96. The second-order valence-electron chi connectivity index (χ2n) is 3.22. The summed E-state index contributed by atoms with van der Waals surface area (Å²) >= 11 is 5.76. The second kappa shape index (κ2) is 4.80. The third-order valence-corrected chi connectivity index (χ3v) is 3.83. The number of rotatable bonds is 4. The maximum Gasteiger partial charge on any atom is 0.154 e. The van der Waals surface area contributed by atoms with E-state index in [1.54, 1.807) is 24.3 Å². The van der Waals surface area contributed by atoms with E-state index >= 15 is 0 Å². The zero-order chi connectivity index (χ0) is 10.6. The van der Waals surface area contributed by atoms with Crippen molar-refractivity contribution in [2.24, 2.45) is 0 Å². The van der Waals surface area contributed by atoms with Crippen molar-refractivity contribution >= 4 is 21.4 Å². The summed E-state index contributed by atoms with van der Waals surface area (Å²) in [7, 11) is -2.96. The molecule has 0 spiro atoms. The van der Waals surface area contributed by atoms with Crippen molar-refractivity contribution in [2.75, 3.05) is 5.75 Å². The second-order valence-corrected chi connectivity index (χ2v) is 5.84. The molecule has 0 amide bonds. The lowest BCUT2D eigenvalue weighted by Gasteiger charge is -2.02. The van der Waals surface area contributed by atoms with Gasteiger partial charge in [0.1, 0.15) is 0 Å². The third kappa shape index (κ3) is 3.68. The zero-order valence-corrected chi connectivity index (χ0v) is 9.61. The van der Waals surface area contributed by atoms with Gasteiger partial charge in [-0.05, 0) is 24.1 Å².